The molecule has 0 atom stereocenters. The van der Waals surface area contributed by atoms with Gasteiger partial charge in [0.2, 0.25) is 0 Å². The van der Waals surface area contributed by atoms with Crippen molar-refractivity contribution in [2.24, 2.45) is 0 Å². The van der Waals surface area contributed by atoms with E-state index >= 15 is 0 Å². The minimum Gasteiger partial charge on any atom is -0.423 e. The molecule has 0 fully saturated rings. The molecule has 0 aliphatic rings. The summed E-state index contributed by atoms with van der Waals surface area (Å²) in [5, 5.41) is 8.08. The second-order valence-electron chi connectivity index (χ2n) is 1.85. The monoisotopic (exact) mass is 149 g/mol. The SMILES string of the molecule is C=C/C(=C\C=C/C)COC#N. The Morgan fingerprint density at radius 3 is 2.91 bits per heavy atom. The van der Waals surface area contributed by atoms with Gasteiger partial charge in [-0.25, -0.2) is 0 Å². The first-order chi connectivity index (χ1) is 5.35. The first-order valence-corrected chi connectivity index (χ1v) is 3.30. The van der Waals surface area contributed by atoms with Crippen LogP contribution >= 0.6 is 0 Å². The molecule has 0 heterocycles. The van der Waals surface area contributed by atoms with E-state index in [1.165, 1.54) is 0 Å². The summed E-state index contributed by atoms with van der Waals surface area (Å²) >= 11 is 0. The van der Waals surface area contributed by atoms with Crippen molar-refractivity contribution in [1.82, 2.24) is 0 Å². The van der Waals surface area contributed by atoms with E-state index in [4.69, 9.17) is 5.26 Å². The van der Waals surface area contributed by atoms with Crippen molar-refractivity contribution in [2.75, 3.05) is 6.61 Å². The summed E-state index contributed by atoms with van der Waals surface area (Å²) in [6.07, 6.45) is 8.88. The van der Waals surface area contributed by atoms with Gasteiger partial charge < -0.3 is 4.74 Å². The number of allylic oxidation sites excluding steroid dienone is 3. The van der Waals surface area contributed by atoms with E-state index in [0.29, 0.717) is 6.61 Å². The largest absolute Gasteiger partial charge is 0.423 e. The molecule has 0 N–H and O–H groups in total. The molecular weight excluding hydrogens is 138 g/mol. The zero-order chi connectivity index (χ0) is 8.53. The highest BCUT2D eigenvalue weighted by Crippen LogP contribution is 1.96. The quantitative estimate of drug-likeness (QED) is 0.453. The standard InChI is InChI=1S/C9H11NO/c1-3-5-6-9(4-2)7-11-8-10/h3-6H,2,7H2,1H3/b5-3-,9-6+. The molecule has 0 radical (unpaired) electrons. The van der Waals surface area contributed by atoms with Gasteiger partial charge in [0.1, 0.15) is 6.61 Å². The smallest absolute Gasteiger partial charge is 0.286 e. The average Bonchev–Trinajstić information content (AvgIpc) is 2.05. The molecule has 0 spiro atoms. The van der Waals surface area contributed by atoms with Crippen LogP contribution in [0.1, 0.15) is 6.92 Å². The first-order valence-electron chi connectivity index (χ1n) is 3.30. The van der Waals surface area contributed by atoms with E-state index in [1.807, 2.05) is 25.2 Å². The van der Waals surface area contributed by atoms with Crippen LogP contribution in [-0.2, 0) is 4.74 Å². The minimum absolute atomic E-state index is 0.296. The zero-order valence-corrected chi connectivity index (χ0v) is 6.58. The molecule has 58 valence electrons. The van der Waals surface area contributed by atoms with Crippen LogP contribution in [0.4, 0.5) is 0 Å². The Morgan fingerprint density at radius 1 is 1.73 bits per heavy atom. The Bertz CT molecular complexity index is 208. The van der Waals surface area contributed by atoms with Crippen LogP contribution in [0.5, 0.6) is 0 Å². The van der Waals surface area contributed by atoms with Crippen LogP contribution < -0.4 is 0 Å². The number of ether oxygens (including phenoxy) is 1. The molecule has 0 aliphatic heterocycles. The lowest BCUT2D eigenvalue weighted by molar-refractivity contribution is 0.306. The van der Waals surface area contributed by atoms with E-state index in [9.17, 15) is 0 Å². The Morgan fingerprint density at radius 2 is 2.45 bits per heavy atom. The third-order valence-electron chi connectivity index (χ3n) is 1.07. The summed E-state index contributed by atoms with van der Waals surface area (Å²) < 4.78 is 4.52. The normalized spacial score (nSPS) is 11.1. The van der Waals surface area contributed by atoms with Gasteiger partial charge in [-0.15, -0.1) is 0 Å². The number of rotatable bonds is 4. The van der Waals surface area contributed by atoms with Gasteiger partial charge in [-0.1, -0.05) is 30.9 Å². The molecule has 2 nitrogen and oxygen atoms in total. The number of nitrogens with zero attached hydrogens (tertiary/aromatic N) is 1. The number of nitriles is 1. The van der Waals surface area contributed by atoms with Crippen LogP contribution in [0.3, 0.4) is 0 Å². The molecule has 0 aromatic rings. The molecule has 0 rings (SSSR count). The summed E-state index contributed by atoms with van der Waals surface area (Å²) in [6.45, 7) is 5.79. The lowest BCUT2D eigenvalue weighted by Gasteiger charge is -1.94. The van der Waals surface area contributed by atoms with Crippen LogP contribution in [-0.4, -0.2) is 6.61 Å². The molecule has 0 unspecified atom stereocenters. The van der Waals surface area contributed by atoms with E-state index in [-0.39, 0.29) is 0 Å². The van der Waals surface area contributed by atoms with Gasteiger partial charge in [0.25, 0.3) is 6.26 Å². The Balaban J connectivity index is 3.96. The molecule has 0 aromatic heterocycles. The predicted octanol–water partition coefficient (Wildman–Crippen LogP) is 2.17. The van der Waals surface area contributed by atoms with Crippen molar-refractivity contribution in [1.29, 1.82) is 5.26 Å². The molecule has 11 heavy (non-hydrogen) atoms. The highest BCUT2D eigenvalue weighted by Gasteiger charge is 1.87. The summed E-state index contributed by atoms with van der Waals surface area (Å²) in [7, 11) is 0. The number of hydrogen-bond donors (Lipinski definition) is 0. The summed E-state index contributed by atoms with van der Waals surface area (Å²) in [5.41, 5.74) is 0.893. The van der Waals surface area contributed by atoms with Crippen molar-refractivity contribution in [2.45, 2.75) is 6.92 Å². The van der Waals surface area contributed by atoms with Gasteiger partial charge in [-0.2, -0.15) is 5.26 Å². The molecule has 0 saturated heterocycles. The molecule has 0 amide bonds. The van der Waals surface area contributed by atoms with Crippen molar-refractivity contribution in [3.63, 3.8) is 0 Å². The van der Waals surface area contributed by atoms with Gasteiger partial charge in [0.15, 0.2) is 0 Å². The summed E-state index contributed by atoms with van der Waals surface area (Å²) in [6, 6.07) is 0. The highest BCUT2D eigenvalue weighted by atomic mass is 16.5. The maximum absolute atomic E-state index is 8.08. The Kier molecular flexibility index (Phi) is 5.73. The maximum Gasteiger partial charge on any atom is 0.286 e. The van der Waals surface area contributed by atoms with E-state index < -0.39 is 0 Å². The van der Waals surface area contributed by atoms with Crippen LogP contribution in [0.25, 0.3) is 0 Å². The van der Waals surface area contributed by atoms with Gasteiger partial charge in [0, 0.05) is 0 Å². The molecular formula is C9H11NO. The summed E-state index contributed by atoms with van der Waals surface area (Å²) in [5.74, 6) is 0. The van der Waals surface area contributed by atoms with Crippen LogP contribution in [0, 0.1) is 11.5 Å². The molecule has 2 heteroatoms. The fourth-order valence-corrected chi connectivity index (χ4v) is 0.511. The second-order valence-corrected chi connectivity index (χ2v) is 1.85. The zero-order valence-electron chi connectivity index (χ0n) is 6.58. The third-order valence-corrected chi connectivity index (χ3v) is 1.07. The lowest BCUT2D eigenvalue weighted by atomic mass is 10.2. The number of hydrogen-bond acceptors (Lipinski definition) is 2. The van der Waals surface area contributed by atoms with Crippen LogP contribution in [0.15, 0.2) is 36.5 Å². The Hall–Kier alpha value is -1.49. The van der Waals surface area contributed by atoms with Gasteiger partial charge in [-0.05, 0) is 12.5 Å². The van der Waals surface area contributed by atoms with Crippen molar-refractivity contribution >= 4 is 0 Å². The second kappa shape index (κ2) is 6.63. The first kappa shape index (κ1) is 9.51. The molecule has 0 saturated carbocycles. The van der Waals surface area contributed by atoms with Gasteiger partial charge in [0.05, 0.1) is 0 Å². The average molecular weight is 149 g/mol. The highest BCUT2D eigenvalue weighted by molar-refractivity contribution is 5.22. The van der Waals surface area contributed by atoms with E-state index in [1.54, 1.807) is 12.3 Å². The predicted molar refractivity (Wildman–Crippen MR) is 44.7 cm³/mol. The van der Waals surface area contributed by atoms with E-state index in [0.717, 1.165) is 5.57 Å². The Labute approximate surface area is 67.1 Å². The molecule has 0 aromatic carbocycles. The fourth-order valence-electron chi connectivity index (χ4n) is 0.511. The topological polar surface area (TPSA) is 33.0 Å². The lowest BCUT2D eigenvalue weighted by Crippen LogP contribution is -1.89. The van der Waals surface area contributed by atoms with Gasteiger partial charge in [-0.3, -0.25) is 0 Å². The fraction of sp³-hybridized carbons (Fsp3) is 0.222. The maximum atomic E-state index is 8.08. The van der Waals surface area contributed by atoms with Crippen molar-refractivity contribution in [3.05, 3.63) is 36.5 Å². The minimum atomic E-state index is 0.296. The third kappa shape index (κ3) is 4.98. The van der Waals surface area contributed by atoms with Crippen molar-refractivity contribution < 1.29 is 4.74 Å². The summed E-state index contributed by atoms with van der Waals surface area (Å²) in [4.78, 5) is 0. The van der Waals surface area contributed by atoms with Gasteiger partial charge >= 0.3 is 0 Å². The van der Waals surface area contributed by atoms with Crippen molar-refractivity contribution in [3.8, 4) is 6.26 Å². The molecule has 0 aliphatic carbocycles. The molecule has 0 bridgehead atoms. The van der Waals surface area contributed by atoms with Crippen LogP contribution in [0.2, 0.25) is 0 Å². The van der Waals surface area contributed by atoms with E-state index in [2.05, 4.69) is 11.3 Å².